The monoisotopic (exact) mass is 389 g/mol. The van der Waals surface area contributed by atoms with E-state index >= 15 is 0 Å². The number of benzene rings is 1. The van der Waals surface area contributed by atoms with E-state index in [9.17, 15) is 4.79 Å². The molecule has 0 aliphatic carbocycles. The van der Waals surface area contributed by atoms with Crippen LogP contribution in [0.2, 0.25) is 5.02 Å². The van der Waals surface area contributed by atoms with Gasteiger partial charge in [-0.2, -0.15) is 0 Å². The zero-order chi connectivity index (χ0) is 17.9. The van der Waals surface area contributed by atoms with Gasteiger partial charge in [-0.25, -0.2) is 4.79 Å². The van der Waals surface area contributed by atoms with E-state index in [0.717, 1.165) is 37.3 Å². The highest BCUT2D eigenvalue weighted by atomic mass is 35.5. The van der Waals surface area contributed by atoms with Gasteiger partial charge < -0.3 is 14.4 Å². The number of quaternary nitrogens is 1. The number of esters is 1. The van der Waals surface area contributed by atoms with E-state index in [4.69, 9.17) is 21.1 Å². The third-order valence-electron chi connectivity index (χ3n) is 4.43. The molecule has 1 fully saturated rings. The normalized spacial score (nSPS) is 15.3. The first-order valence-corrected chi connectivity index (χ1v) is 9.71. The molecular weight excluding hydrogens is 372 g/mol. The molecule has 0 unspecified atom stereocenters. The van der Waals surface area contributed by atoms with E-state index in [1.54, 1.807) is 12.3 Å². The number of nitrogens with one attached hydrogen (secondary N) is 1. The molecule has 3 aromatic rings. The summed E-state index contributed by atoms with van der Waals surface area (Å²) in [6, 6.07) is 9.19. The molecule has 4 rings (SSSR count). The van der Waals surface area contributed by atoms with E-state index in [1.807, 2.05) is 29.6 Å². The van der Waals surface area contributed by atoms with E-state index < -0.39 is 0 Å². The van der Waals surface area contributed by atoms with Crippen molar-refractivity contribution in [1.29, 1.82) is 0 Å². The number of hydrogen-bond donors (Lipinski definition) is 1. The zero-order valence-corrected chi connectivity index (χ0v) is 15.6. The van der Waals surface area contributed by atoms with Gasteiger partial charge in [0.15, 0.2) is 5.75 Å². The fourth-order valence-electron chi connectivity index (χ4n) is 3.12. The Bertz CT molecular complexity index is 924. The lowest BCUT2D eigenvalue weighted by Crippen LogP contribution is -3.12. The Balaban J connectivity index is 1.74. The Morgan fingerprint density at radius 2 is 2.15 bits per heavy atom. The molecule has 0 bridgehead atoms. The molecule has 0 spiro atoms. The summed E-state index contributed by atoms with van der Waals surface area (Å²) in [4.78, 5) is 18.9. The predicted octanol–water partition coefficient (Wildman–Crippen LogP) is 2.58. The Morgan fingerprint density at radius 1 is 1.31 bits per heavy atom. The van der Waals surface area contributed by atoms with Gasteiger partial charge >= 0.3 is 5.97 Å². The number of rotatable bonds is 4. The second-order valence-corrected chi connectivity index (χ2v) is 7.51. The molecule has 0 atom stereocenters. The first kappa shape index (κ1) is 17.4. The molecule has 2 aromatic heterocycles. The molecule has 1 aromatic carbocycles. The number of halogens is 1. The summed E-state index contributed by atoms with van der Waals surface area (Å²) in [6.45, 7) is 4.01. The van der Waals surface area contributed by atoms with Crippen molar-refractivity contribution in [1.82, 2.24) is 4.98 Å². The largest absolute Gasteiger partial charge is 0.419 e. The Hall–Kier alpha value is -1.99. The Morgan fingerprint density at radius 3 is 2.92 bits per heavy atom. The number of morpholine rings is 1. The zero-order valence-electron chi connectivity index (χ0n) is 14.0. The number of hydrogen-bond acceptors (Lipinski definition) is 5. The van der Waals surface area contributed by atoms with Gasteiger partial charge in [-0.1, -0.05) is 17.7 Å². The lowest BCUT2D eigenvalue weighted by Gasteiger charge is -2.24. The number of thiophene rings is 1. The van der Waals surface area contributed by atoms with Gasteiger partial charge in [-0.15, -0.1) is 11.3 Å². The number of fused-ring (bicyclic) bond motifs is 1. The number of ether oxygens (including phenoxy) is 2. The molecule has 1 aliphatic rings. The molecule has 134 valence electrons. The van der Waals surface area contributed by atoms with Crippen LogP contribution in [0.3, 0.4) is 0 Å². The lowest BCUT2D eigenvalue weighted by atomic mass is 10.1. The smallest absolute Gasteiger partial charge is 0.353 e. The van der Waals surface area contributed by atoms with Crippen LogP contribution in [0.5, 0.6) is 5.75 Å². The molecule has 1 aliphatic heterocycles. The van der Waals surface area contributed by atoms with Crippen LogP contribution >= 0.6 is 22.9 Å². The van der Waals surface area contributed by atoms with Gasteiger partial charge in [0.1, 0.15) is 30.0 Å². The van der Waals surface area contributed by atoms with Gasteiger partial charge in [0.25, 0.3) is 0 Å². The van der Waals surface area contributed by atoms with Crippen LogP contribution in [0.15, 0.2) is 41.9 Å². The minimum Gasteiger partial charge on any atom is -0.419 e. The number of aromatic nitrogens is 1. The Labute approximate surface area is 160 Å². The fourth-order valence-corrected chi connectivity index (χ4v) is 4.00. The van der Waals surface area contributed by atoms with Crippen LogP contribution in [-0.2, 0) is 11.3 Å². The van der Waals surface area contributed by atoms with Gasteiger partial charge in [0.05, 0.1) is 23.8 Å². The molecule has 1 N–H and O–H groups in total. The topological polar surface area (TPSA) is 52.9 Å². The molecule has 5 nitrogen and oxygen atoms in total. The van der Waals surface area contributed by atoms with Gasteiger partial charge in [0, 0.05) is 11.6 Å². The number of nitrogens with zero attached hydrogens (tertiary/aromatic N) is 1. The minimum atomic E-state index is -0.368. The summed E-state index contributed by atoms with van der Waals surface area (Å²) in [7, 11) is 0. The van der Waals surface area contributed by atoms with E-state index in [1.165, 1.54) is 16.2 Å². The third-order valence-corrected chi connectivity index (χ3v) is 5.59. The van der Waals surface area contributed by atoms with Gasteiger partial charge in [-0.05, 0) is 29.6 Å². The van der Waals surface area contributed by atoms with Gasteiger partial charge in [0.2, 0.25) is 0 Å². The van der Waals surface area contributed by atoms with Crippen LogP contribution in [0, 0.1) is 0 Å². The summed E-state index contributed by atoms with van der Waals surface area (Å²) in [5, 5.41) is 3.25. The first-order valence-electron chi connectivity index (χ1n) is 8.45. The quantitative estimate of drug-likeness (QED) is 0.550. The van der Waals surface area contributed by atoms with Crippen molar-refractivity contribution in [3.8, 4) is 5.75 Å². The predicted molar refractivity (Wildman–Crippen MR) is 101 cm³/mol. The fraction of sp³-hybridized carbons (Fsp3) is 0.263. The molecule has 0 radical (unpaired) electrons. The summed E-state index contributed by atoms with van der Waals surface area (Å²) in [5.41, 5.74) is 1.51. The average molecular weight is 390 g/mol. The molecule has 0 saturated carbocycles. The molecular formula is C19H18ClN2O3S+. The van der Waals surface area contributed by atoms with Crippen molar-refractivity contribution in [3.63, 3.8) is 0 Å². The van der Waals surface area contributed by atoms with Crippen molar-refractivity contribution < 1.29 is 19.2 Å². The van der Waals surface area contributed by atoms with Crippen LogP contribution < -0.4 is 9.64 Å². The maximum absolute atomic E-state index is 12.5. The highest BCUT2D eigenvalue weighted by molar-refractivity contribution is 7.12. The van der Waals surface area contributed by atoms with E-state index in [0.29, 0.717) is 27.7 Å². The standard InChI is InChI=1S/C19H17ClN2O3S/c20-15-11-13(12-22-6-8-24-9-7-22)18(17-14(15)3-1-5-21-17)25-19(23)16-4-2-10-26-16/h1-5,10-11H,6-9,12H2/p+1. The second-order valence-electron chi connectivity index (χ2n) is 6.15. The highest BCUT2D eigenvalue weighted by Gasteiger charge is 2.23. The Kier molecular flexibility index (Phi) is 5.17. The number of carbonyl (C=O) groups excluding carboxylic acids is 1. The summed E-state index contributed by atoms with van der Waals surface area (Å²) >= 11 is 7.83. The van der Waals surface area contributed by atoms with Crippen LogP contribution in [-0.4, -0.2) is 37.3 Å². The average Bonchev–Trinajstić information content (AvgIpc) is 3.20. The maximum Gasteiger partial charge on any atom is 0.353 e. The van der Waals surface area contributed by atoms with Crippen LogP contribution in [0.1, 0.15) is 15.2 Å². The second kappa shape index (κ2) is 7.72. The van der Waals surface area contributed by atoms with Gasteiger partial charge in [-0.3, -0.25) is 4.98 Å². The summed E-state index contributed by atoms with van der Waals surface area (Å²) in [5.74, 6) is 0.134. The molecule has 0 amide bonds. The van der Waals surface area contributed by atoms with Crippen molar-refractivity contribution in [3.05, 3.63) is 57.4 Å². The van der Waals surface area contributed by atoms with Crippen molar-refractivity contribution in [2.45, 2.75) is 6.54 Å². The maximum atomic E-state index is 12.5. The number of pyridine rings is 1. The molecule has 3 heterocycles. The lowest BCUT2D eigenvalue weighted by molar-refractivity contribution is -0.921. The third kappa shape index (κ3) is 3.59. The summed E-state index contributed by atoms with van der Waals surface area (Å²) < 4.78 is 11.2. The molecule has 7 heteroatoms. The SMILES string of the molecule is O=C(Oc1c(C[NH+]2CCOCC2)cc(Cl)c2cccnc12)c1cccs1. The van der Waals surface area contributed by atoms with Crippen molar-refractivity contribution in [2.75, 3.05) is 26.3 Å². The first-order chi connectivity index (χ1) is 12.7. The number of carbonyl (C=O) groups is 1. The van der Waals surface area contributed by atoms with Crippen LogP contribution in [0.4, 0.5) is 0 Å². The highest BCUT2D eigenvalue weighted by Crippen LogP contribution is 2.34. The summed E-state index contributed by atoms with van der Waals surface area (Å²) in [6.07, 6.45) is 1.69. The van der Waals surface area contributed by atoms with Crippen LogP contribution in [0.25, 0.3) is 10.9 Å². The van der Waals surface area contributed by atoms with E-state index in [-0.39, 0.29) is 5.97 Å². The van der Waals surface area contributed by atoms with Crippen molar-refractivity contribution in [2.24, 2.45) is 0 Å². The minimum absolute atomic E-state index is 0.368. The molecule has 26 heavy (non-hydrogen) atoms. The van der Waals surface area contributed by atoms with Crippen molar-refractivity contribution >= 4 is 39.8 Å². The van der Waals surface area contributed by atoms with E-state index in [2.05, 4.69) is 4.98 Å². The molecule has 1 saturated heterocycles.